The fraction of sp³-hybridized carbons (Fsp3) is 0.933. The number of alkyl halides is 3. The van der Waals surface area contributed by atoms with Gasteiger partial charge in [-0.25, -0.2) is 0 Å². The van der Waals surface area contributed by atoms with E-state index < -0.39 is 18.2 Å². The van der Waals surface area contributed by atoms with Gasteiger partial charge in [0.15, 0.2) is 0 Å². The molecule has 0 bridgehead atoms. The molecule has 1 unspecified atom stereocenters. The lowest BCUT2D eigenvalue weighted by Gasteiger charge is -2.29. The topological polar surface area (TPSA) is 49.3 Å². The number of carbonyl (C=O) groups excluding carboxylic acids is 1. The molecule has 1 aliphatic carbocycles. The minimum atomic E-state index is -4.15. The first kappa shape index (κ1) is 18.3. The van der Waals surface area contributed by atoms with E-state index in [-0.39, 0.29) is 50.0 Å². The number of nitrogens with one attached hydrogen (secondary N) is 1. The van der Waals surface area contributed by atoms with Crippen LogP contribution >= 0.6 is 0 Å². The summed E-state index contributed by atoms with van der Waals surface area (Å²) in [4.78, 5) is 12.0. The summed E-state index contributed by atoms with van der Waals surface area (Å²) in [5, 5.41) is 12.6. The largest absolute Gasteiger partial charge is 0.391 e. The number of hydrogen-bond donors (Lipinski definition) is 2. The number of aliphatic hydroxyl groups is 1. The number of hydrogen-bond acceptors (Lipinski definition) is 2. The van der Waals surface area contributed by atoms with Crippen molar-refractivity contribution in [2.75, 3.05) is 6.54 Å². The molecule has 1 fully saturated rings. The van der Waals surface area contributed by atoms with Crippen LogP contribution in [0.2, 0.25) is 0 Å². The van der Waals surface area contributed by atoms with Gasteiger partial charge in [-0.05, 0) is 31.6 Å². The summed E-state index contributed by atoms with van der Waals surface area (Å²) in [6.45, 7) is 4.15. The van der Waals surface area contributed by atoms with Crippen LogP contribution in [0, 0.1) is 17.8 Å². The van der Waals surface area contributed by atoms with E-state index >= 15 is 0 Å². The van der Waals surface area contributed by atoms with Crippen molar-refractivity contribution >= 4 is 5.91 Å². The van der Waals surface area contributed by atoms with Gasteiger partial charge in [0.25, 0.3) is 0 Å². The molecule has 21 heavy (non-hydrogen) atoms. The first-order valence-electron chi connectivity index (χ1n) is 7.82. The van der Waals surface area contributed by atoms with Crippen LogP contribution in [0.3, 0.4) is 0 Å². The fourth-order valence-electron chi connectivity index (χ4n) is 3.03. The van der Waals surface area contributed by atoms with E-state index in [1.165, 1.54) is 0 Å². The zero-order valence-corrected chi connectivity index (χ0v) is 12.7. The highest BCUT2D eigenvalue weighted by Gasteiger charge is 2.42. The Morgan fingerprint density at radius 3 is 2.14 bits per heavy atom. The zero-order valence-electron chi connectivity index (χ0n) is 12.7. The van der Waals surface area contributed by atoms with Crippen molar-refractivity contribution in [1.29, 1.82) is 0 Å². The normalized spacial score (nSPS) is 24.9. The minimum Gasteiger partial charge on any atom is -0.391 e. The first-order valence-corrected chi connectivity index (χ1v) is 7.82. The monoisotopic (exact) mass is 309 g/mol. The maximum Gasteiger partial charge on any atom is 0.391 e. The van der Waals surface area contributed by atoms with Gasteiger partial charge >= 0.3 is 6.18 Å². The van der Waals surface area contributed by atoms with Gasteiger partial charge in [-0.1, -0.05) is 26.7 Å². The molecule has 0 aliphatic heterocycles. The summed E-state index contributed by atoms with van der Waals surface area (Å²) in [7, 11) is 0. The number of rotatable bonds is 6. The molecular weight excluding hydrogens is 283 g/mol. The quantitative estimate of drug-likeness (QED) is 0.791. The Bertz CT molecular complexity index is 321. The van der Waals surface area contributed by atoms with Crippen molar-refractivity contribution < 1.29 is 23.1 Å². The second-order valence-electron chi connectivity index (χ2n) is 5.98. The molecule has 3 nitrogen and oxygen atoms in total. The lowest BCUT2D eigenvalue weighted by Crippen LogP contribution is -2.41. The third kappa shape index (κ3) is 5.49. The second kappa shape index (κ2) is 8.01. The van der Waals surface area contributed by atoms with E-state index in [0.29, 0.717) is 0 Å². The van der Waals surface area contributed by atoms with Gasteiger partial charge in [0.05, 0.1) is 12.0 Å². The summed E-state index contributed by atoms with van der Waals surface area (Å²) in [6.07, 6.45) is -2.46. The van der Waals surface area contributed by atoms with Crippen molar-refractivity contribution in [2.24, 2.45) is 17.8 Å². The highest BCUT2D eigenvalue weighted by molar-refractivity contribution is 5.78. The Labute approximate surface area is 124 Å². The molecule has 0 radical (unpaired) electrons. The van der Waals surface area contributed by atoms with Gasteiger partial charge in [0.1, 0.15) is 0 Å². The Balaban J connectivity index is 2.34. The predicted molar refractivity (Wildman–Crippen MR) is 74.6 cm³/mol. The van der Waals surface area contributed by atoms with Crippen LogP contribution in [-0.4, -0.2) is 29.8 Å². The van der Waals surface area contributed by atoms with Gasteiger partial charge in [-0.15, -0.1) is 0 Å². The Morgan fingerprint density at radius 2 is 1.71 bits per heavy atom. The zero-order chi connectivity index (χ0) is 16.0. The smallest absolute Gasteiger partial charge is 0.391 e. The Morgan fingerprint density at radius 1 is 1.19 bits per heavy atom. The maximum absolute atomic E-state index is 12.6. The van der Waals surface area contributed by atoms with E-state index in [1.807, 2.05) is 13.8 Å². The Kier molecular flexibility index (Phi) is 6.97. The van der Waals surface area contributed by atoms with Crippen LogP contribution in [0.5, 0.6) is 0 Å². The van der Waals surface area contributed by atoms with Crippen molar-refractivity contribution in [1.82, 2.24) is 5.32 Å². The predicted octanol–water partition coefficient (Wildman–Crippen LogP) is 3.27. The Hall–Kier alpha value is -0.780. The van der Waals surface area contributed by atoms with Crippen molar-refractivity contribution in [3.8, 4) is 0 Å². The second-order valence-corrected chi connectivity index (χ2v) is 5.98. The molecule has 0 heterocycles. The SMILES string of the molecule is CCC(CC)C(O)CNC(=O)C1CCC(C(F)(F)F)CC1. The van der Waals surface area contributed by atoms with Gasteiger partial charge in [-0.2, -0.15) is 13.2 Å². The molecule has 0 spiro atoms. The summed E-state index contributed by atoms with van der Waals surface area (Å²) >= 11 is 0. The van der Waals surface area contributed by atoms with Crippen LogP contribution in [0.4, 0.5) is 13.2 Å². The third-order valence-corrected chi connectivity index (χ3v) is 4.64. The molecule has 1 saturated carbocycles. The van der Waals surface area contributed by atoms with Crippen LogP contribution in [0.15, 0.2) is 0 Å². The van der Waals surface area contributed by atoms with Crippen LogP contribution in [0.1, 0.15) is 52.4 Å². The molecule has 2 N–H and O–H groups in total. The van der Waals surface area contributed by atoms with Crippen molar-refractivity contribution in [2.45, 2.75) is 64.7 Å². The standard InChI is InChI=1S/C15H26F3NO2/c1-3-10(4-2)13(20)9-19-14(21)11-5-7-12(8-6-11)15(16,17)18/h10-13,20H,3-9H2,1-2H3,(H,19,21). The average molecular weight is 309 g/mol. The molecule has 0 aromatic heterocycles. The number of aliphatic hydroxyl groups excluding tert-OH is 1. The van der Waals surface area contributed by atoms with E-state index in [4.69, 9.17) is 0 Å². The van der Waals surface area contributed by atoms with Gasteiger partial charge in [-0.3, -0.25) is 4.79 Å². The molecule has 124 valence electrons. The molecule has 1 atom stereocenters. The lowest BCUT2D eigenvalue weighted by molar-refractivity contribution is -0.184. The van der Waals surface area contributed by atoms with E-state index in [2.05, 4.69) is 5.32 Å². The molecule has 6 heteroatoms. The van der Waals surface area contributed by atoms with Crippen LogP contribution in [-0.2, 0) is 4.79 Å². The van der Waals surface area contributed by atoms with Crippen LogP contribution < -0.4 is 5.32 Å². The molecule has 0 aromatic carbocycles. The van der Waals surface area contributed by atoms with E-state index in [1.54, 1.807) is 0 Å². The average Bonchev–Trinajstić information content (AvgIpc) is 2.45. The van der Waals surface area contributed by atoms with Gasteiger partial charge < -0.3 is 10.4 Å². The van der Waals surface area contributed by atoms with E-state index in [9.17, 15) is 23.1 Å². The van der Waals surface area contributed by atoms with Gasteiger partial charge in [0.2, 0.25) is 5.91 Å². The minimum absolute atomic E-state index is 0.0245. The first-order chi connectivity index (χ1) is 9.79. The van der Waals surface area contributed by atoms with Crippen LogP contribution in [0.25, 0.3) is 0 Å². The van der Waals surface area contributed by atoms with E-state index in [0.717, 1.165) is 12.8 Å². The van der Waals surface area contributed by atoms with Crippen molar-refractivity contribution in [3.63, 3.8) is 0 Å². The molecule has 1 amide bonds. The third-order valence-electron chi connectivity index (χ3n) is 4.64. The maximum atomic E-state index is 12.6. The number of amides is 1. The molecular formula is C15H26F3NO2. The summed E-state index contributed by atoms with van der Waals surface area (Å²) < 4.78 is 37.7. The highest BCUT2D eigenvalue weighted by Crippen LogP contribution is 2.39. The summed E-state index contributed by atoms with van der Waals surface area (Å²) in [5.74, 6) is -1.69. The molecule has 1 rings (SSSR count). The lowest BCUT2D eigenvalue weighted by atomic mass is 9.81. The molecule has 0 aromatic rings. The fourth-order valence-corrected chi connectivity index (χ4v) is 3.03. The van der Waals surface area contributed by atoms with Gasteiger partial charge in [0, 0.05) is 12.5 Å². The summed E-state index contributed by atoms with van der Waals surface area (Å²) in [6, 6.07) is 0. The van der Waals surface area contributed by atoms with Crippen molar-refractivity contribution in [3.05, 3.63) is 0 Å². The highest BCUT2D eigenvalue weighted by atomic mass is 19.4. The number of carbonyl (C=O) groups is 1. The summed E-state index contributed by atoms with van der Waals surface area (Å²) in [5.41, 5.74) is 0. The number of halogens is 3. The molecule has 1 aliphatic rings. The molecule has 0 saturated heterocycles.